The SMILES string of the molecule is C=CCOC(=O)C(O)C(=O)[C@@H](N)CC(=O)OC(C)(C)C. The minimum absolute atomic E-state index is 0.134. The molecule has 2 atom stereocenters. The molecule has 114 valence electrons. The molecule has 0 bridgehead atoms. The lowest BCUT2D eigenvalue weighted by atomic mass is 10.1. The van der Waals surface area contributed by atoms with E-state index in [2.05, 4.69) is 11.3 Å². The number of aliphatic hydroxyl groups excluding tert-OH is 1. The summed E-state index contributed by atoms with van der Waals surface area (Å²) in [6.45, 7) is 8.18. The summed E-state index contributed by atoms with van der Waals surface area (Å²) in [5, 5.41) is 9.44. The predicted octanol–water partition coefficient (Wildman–Crippen LogP) is -0.295. The number of aliphatic hydroxyl groups is 1. The molecule has 0 fully saturated rings. The third-order valence-electron chi connectivity index (χ3n) is 2.01. The molecule has 7 nitrogen and oxygen atoms in total. The highest BCUT2D eigenvalue weighted by Crippen LogP contribution is 2.09. The average Bonchev–Trinajstić information content (AvgIpc) is 2.31. The van der Waals surface area contributed by atoms with E-state index in [1.165, 1.54) is 6.08 Å². The summed E-state index contributed by atoms with van der Waals surface area (Å²) in [7, 11) is 0. The molecule has 0 radical (unpaired) electrons. The van der Waals surface area contributed by atoms with Gasteiger partial charge in [0.15, 0.2) is 5.78 Å². The van der Waals surface area contributed by atoms with Crippen molar-refractivity contribution in [1.82, 2.24) is 0 Å². The number of hydrogen-bond donors (Lipinski definition) is 2. The van der Waals surface area contributed by atoms with E-state index in [1.807, 2.05) is 0 Å². The molecule has 7 heteroatoms. The number of rotatable bonds is 7. The Morgan fingerprint density at radius 1 is 1.35 bits per heavy atom. The van der Waals surface area contributed by atoms with Crippen LogP contribution >= 0.6 is 0 Å². The van der Waals surface area contributed by atoms with Crippen LogP contribution in [0.2, 0.25) is 0 Å². The highest BCUT2D eigenvalue weighted by Gasteiger charge is 2.32. The molecule has 0 aromatic heterocycles. The van der Waals surface area contributed by atoms with E-state index in [0.717, 1.165) is 0 Å². The average molecular weight is 287 g/mol. The Morgan fingerprint density at radius 3 is 2.35 bits per heavy atom. The van der Waals surface area contributed by atoms with Gasteiger partial charge in [-0.05, 0) is 20.8 Å². The number of carbonyl (C=O) groups is 3. The Morgan fingerprint density at radius 2 is 1.90 bits per heavy atom. The van der Waals surface area contributed by atoms with E-state index in [0.29, 0.717) is 0 Å². The van der Waals surface area contributed by atoms with Crippen LogP contribution in [0.1, 0.15) is 27.2 Å². The topological polar surface area (TPSA) is 116 Å². The fourth-order valence-electron chi connectivity index (χ4n) is 1.20. The van der Waals surface area contributed by atoms with Crippen LogP contribution < -0.4 is 5.73 Å². The quantitative estimate of drug-likeness (QED) is 0.375. The van der Waals surface area contributed by atoms with Crippen molar-refractivity contribution in [3.05, 3.63) is 12.7 Å². The van der Waals surface area contributed by atoms with Crippen molar-refractivity contribution in [2.24, 2.45) is 5.73 Å². The zero-order chi connectivity index (χ0) is 15.9. The maximum absolute atomic E-state index is 11.6. The summed E-state index contributed by atoms with van der Waals surface area (Å²) in [5.74, 6) is -2.82. The second-order valence-electron chi connectivity index (χ2n) is 5.12. The Balaban J connectivity index is 4.43. The van der Waals surface area contributed by atoms with Gasteiger partial charge in [0, 0.05) is 0 Å². The molecule has 0 aliphatic rings. The first kappa shape index (κ1) is 18.3. The van der Waals surface area contributed by atoms with E-state index in [1.54, 1.807) is 20.8 Å². The van der Waals surface area contributed by atoms with Gasteiger partial charge in [0.2, 0.25) is 6.10 Å². The molecule has 0 amide bonds. The standard InChI is InChI=1S/C13H21NO6/c1-5-6-19-12(18)11(17)10(16)8(14)7-9(15)20-13(2,3)4/h5,8,11,17H,1,6-7,14H2,2-4H3/t8-,11?/m0/s1. The molecule has 0 saturated heterocycles. The lowest BCUT2D eigenvalue weighted by Gasteiger charge is -2.21. The van der Waals surface area contributed by atoms with Crippen molar-refractivity contribution in [3.63, 3.8) is 0 Å². The van der Waals surface area contributed by atoms with E-state index in [9.17, 15) is 19.5 Å². The minimum Gasteiger partial charge on any atom is -0.460 e. The summed E-state index contributed by atoms with van der Waals surface area (Å²) in [4.78, 5) is 34.4. The first-order valence-corrected chi connectivity index (χ1v) is 6.05. The summed E-state index contributed by atoms with van der Waals surface area (Å²) in [5.41, 5.74) is 4.76. The second kappa shape index (κ2) is 7.76. The van der Waals surface area contributed by atoms with Gasteiger partial charge >= 0.3 is 11.9 Å². The third-order valence-corrected chi connectivity index (χ3v) is 2.01. The van der Waals surface area contributed by atoms with Crippen molar-refractivity contribution in [2.75, 3.05) is 6.61 Å². The number of ketones is 1. The van der Waals surface area contributed by atoms with Crippen LogP contribution in [0.5, 0.6) is 0 Å². The van der Waals surface area contributed by atoms with Gasteiger partial charge in [-0.15, -0.1) is 0 Å². The fourth-order valence-corrected chi connectivity index (χ4v) is 1.20. The molecule has 0 aromatic rings. The molecule has 0 aliphatic heterocycles. The summed E-state index contributed by atoms with van der Waals surface area (Å²) >= 11 is 0. The van der Waals surface area contributed by atoms with Crippen molar-refractivity contribution < 1.29 is 29.0 Å². The Labute approximate surface area is 117 Å². The Bertz CT molecular complexity index is 385. The smallest absolute Gasteiger partial charge is 0.343 e. The van der Waals surface area contributed by atoms with Crippen LogP contribution in [0.25, 0.3) is 0 Å². The molecule has 0 spiro atoms. The van der Waals surface area contributed by atoms with Crippen LogP contribution in [0.15, 0.2) is 12.7 Å². The zero-order valence-corrected chi connectivity index (χ0v) is 11.9. The maximum atomic E-state index is 11.6. The van der Waals surface area contributed by atoms with Gasteiger partial charge in [0.05, 0.1) is 12.5 Å². The van der Waals surface area contributed by atoms with Crippen LogP contribution in [0, 0.1) is 0 Å². The van der Waals surface area contributed by atoms with Crippen LogP contribution in [-0.4, -0.2) is 47.2 Å². The predicted molar refractivity (Wildman–Crippen MR) is 70.6 cm³/mol. The number of ether oxygens (including phenoxy) is 2. The first-order chi connectivity index (χ1) is 9.08. The second-order valence-corrected chi connectivity index (χ2v) is 5.12. The summed E-state index contributed by atoms with van der Waals surface area (Å²) in [6, 6.07) is -1.34. The molecular weight excluding hydrogens is 266 g/mol. The number of hydrogen-bond acceptors (Lipinski definition) is 7. The molecule has 0 heterocycles. The first-order valence-electron chi connectivity index (χ1n) is 6.05. The highest BCUT2D eigenvalue weighted by molar-refractivity contribution is 6.05. The molecule has 0 saturated carbocycles. The van der Waals surface area contributed by atoms with Gasteiger partial charge in [0.25, 0.3) is 0 Å². The van der Waals surface area contributed by atoms with Crippen LogP contribution in [0.4, 0.5) is 0 Å². The van der Waals surface area contributed by atoms with Gasteiger partial charge in [-0.1, -0.05) is 12.7 Å². The van der Waals surface area contributed by atoms with Crippen molar-refractivity contribution in [3.8, 4) is 0 Å². The van der Waals surface area contributed by atoms with E-state index in [4.69, 9.17) is 10.5 Å². The monoisotopic (exact) mass is 287 g/mol. The molecule has 3 N–H and O–H groups in total. The largest absolute Gasteiger partial charge is 0.460 e. The molecule has 20 heavy (non-hydrogen) atoms. The summed E-state index contributed by atoms with van der Waals surface area (Å²) in [6.07, 6.45) is -1.16. The van der Waals surface area contributed by atoms with Crippen molar-refractivity contribution in [1.29, 1.82) is 0 Å². The van der Waals surface area contributed by atoms with Crippen LogP contribution in [0.3, 0.4) is 0 Å². The molecule has 0 aromatic carbocycles. The third kappa shape index (κ3) is 7.01. The van der Waals surface area contributed by atoms with E-state index < -0.39 is 41.9 Å². The Hall–Kier alpha value is -1.73. The van der Waals surface area contributed by atoms with E-state index >= 15 is 0 Å². The van der Waals surface area contributed by atoms with Gasteiger partial charge in [-0.2, -0.15) is 0 Å². The van der Waals surface area contributed by atoms with Gasteiger partial charge in [-0.3, -0.25) is 9.59 Å². The van der Waals surface area contributed by atoms with E-state index in [-0.39, 0.29) is 6.61 Å². The Kier molecular flexibility index (Phi) is 7.09. The summed E-state index contributed by atoms with van der Waals surface area (Å²) < 4.78 is 9.49. The van der Waals surface area contributed by atoms with Gasteiger partial charge < -0.3 is 20.3 Å². The minimum atomic E-state index is -2.02. The van der Waals surface area contributed by atoms with Gasteiger partial charge in [0.1, 0.15) is 12.2 Å². The molecular formula is C13H21NO6. The number of Topliss-reactive ketones (excluding diaryl/α,β-unsaturated/α-hetero) is 1. The number of esters is 2. The van der Waals surface area contributed by atoms with Crippen LogP contribution in [-0.2, 0) is 23.9 Å². The molecule has 0 aliphatic carbocycles. The normalized spacial score (nSPS) is 14.1. The number of nitrogens with two attached hydrogens (primary N) is 1. The van der Waals surface area contributed by atoms with Crippen molar-refractivity contribution >= 4 is 17.7 Å². The lowest BCUT2D eigenvalue weighted by Crippen LogP contribution is -2.45. The van der Waals surface area contributed by atoms with Crippen molar-refractivity contribution in [2.45, 2.75) is 44.9 Å². The maximum Gasteiger partial charge on any atom is 0.343 e. The molecule has 1 unspecified atom stereocenters. The lowest BCUT2D eigenvalue weighted by molar-refractivity contribution is -0.161. The fraction of sp³-hybridized carbons (Fsp3) is 0.615. The number of carbonyl (C=O) groups excluding carboxylic acids is 3. The van der Waals surface area contributed by atoms with Gasteiger partial charge in [-0.25, -0.2) is 4.79 Å². The highest BCUT2D eigenvalue weighted by atomic mass is 16.6. The molecule has 0 rings (SSSR count). The zero-order valence-electron chi connectivity index (χ0n) is 11.9.